The molecular weight excluding hydrogens is 321 g/mol. The fourth-order valence-electron chi connectivity index (χ4n) is 2.00. The predicted octanol–water partition coefficient (Wildman–Crippen LogP) is 4.59. The number of carbonyl (C=O) groups is 1. The molecule has 2 aromatic carbocycles. The molecule has 1 atom stereocenters. The third kappa shape index (κ3) is 4.15. The van der Waals surface area contributed by atoms with Gasteiger partial charge in [0.1, 0.15) is 5.75 Å². The third-order valence-corrected chi connectivity index (χ3v) is 4.05. The van der Waals surface area contributed by atoms with Gasteiger partial charge in [-0.25, -0.2) is 0 Å². The Morgan fingerprint density at radius 2 is 1.86 bits per heavy atom. The average molecular weight is 338 g/mol. The van der Waals surface area contributed by atoms with Crippen LogP contribution in [0.3, 0.4) is 0 Å². The van der Waals surface area contributed by atoms with E-state index in [9.17, 15) is 4.79 Å². The topological polar surface area (TPSA) is 29.5 Å². The summed E-state index contributed by atoms with van der Waals surface area (Å²) in [5.41, 5.74) is 1.07. The van der Waals surface area contributed by atoms with Crippen molar-refractivity contribution < 1.29 is 9.53 Å². The first-order chi connectivity index (χ1) is 10.5. The first kappa shape index (κ1) is 16.7. The molecule has 5 heteroatoms. The monoisotopic (exact) mass is 337 g/mol. The van der Waals surface area contributed by atoms with Crippen molar-refractivity contribution in [2.75, 3.05) is 13.7 Å². The molecule has 2 rings (SSSR count). The van der Waals surface area contributed by atoms with Crippen LogP contribution in [0, 0.1) is 0 Å². The summed E-state index contributed by atoms with van der Waals surface area (Å²) in [5, 5.41) is 0.939. The molecule has 0 spiro atoms. The van der Waals surface area contributed by atoms with E-state index in [1.54, 1.807) is 30.1 Å². The lowest BCUT2D eigenvalue weighted by Gasteiger charge is -2.25. The molecule has 0 aliphatic carbocycles. The maximum Gasteiger partial charge on any atom is 0.260 e. The highest BCUT2D eigenvalue weighted by Crippen LogP contribution is 2.28. The molecule has 1 amide bonds. The quantitative estimate of drug-likeness (QED) is 0.798. The lowest BCUT2D eigenvalue weighted by atomic mass is 10.1. The molecule has 0 radical (unpaired) electrons. The van der Waals surface area contributed by atoms with Gasteiger partial charge in [0.15, 0.2) is 6.61 Å². The van der Waals surface area contributed by atoms with Crippen molar-refractivity contribution in [3.63, 3.8) is 0 Å². The number of ether oxygens (including phenoxy) is 1. The van der Waals surface area contributed by atoms with Crippen molar-refractivity contribution in [3.8, 4) is 5.75 Å². The van der Waals surface area contributed by atoms with Crippen molar-refractivity contribution in [3.05, 3.63) is 64.1 Å². The lowest BCUT2D eigenvalue weighted by molar-refractivity contribution is -0.134. The van der Waals surface area contributed by atoms with Crippen LogP contribution in [0.2, 0.25) is 10.0 Å². The molecule has 0 aliphatic rings. The molecule has 0 N–H and O–H groups in total. The maximum atomic E-state index is 12.3. The van der Waals surface area contributed by atoms with Crippen molar-refractivity contribution in [2.24, 2.45) is 0 Å². The number of halogens is 2. The Bertz CT molecular complexity index is 646. The van der Waals surface area contributed by atoms with Crippen LogP contribution < -0.4 is 4.74 Å². The molecule has 2 aromatic rings. The van der Waals surface area contributed by atoms with E-state index in [2.05, 4.69) is 0 Å². The molecular formula is C17H17Cl2NO2. The molecule has 0 bridgehead atoms. The van der Waals surface area contributed by atoms with Gasteiger partial charge < -0.3 is 9.64 Å². The van der Waals surface area contributed by atoms with Crippen LogP contribution in [-0.2, 0) is 4.79 Å². The first-order valence-corrected chi connectivity index (χ1v) is 7.63. The number of hydrogen-bond donors (Lipinski definition) is 0. The fourth-order valence-corrected chi connectivity index (χ4v) is 2.33. The van der Waals surface area contributed by atoms with Gasteiger partial charge in [0, 0.05) is 18.1 Å². The molecule has 22 heavy (non-hydrogen) atoms. The SMILES string of the molecule is CC(c1ccccc1)N(C)C(=O)COc1cc(Cl)ccc1Cl. The second-order valence-electron chi connectivity index (χ2n) is 4.95. The van der Waals surface area contributed by atoms with Crippen LogP contribution in [0.25, 0.3) is 0 Å². The van der Waals surface area contributed by atoms with Crippen LogP contribution in [-0.4, -0.2) is 24.5 Å². The third-order valence-electron chi connectivity index (χ3n) is 3.50. The van der Waals surface area contributed by atoms with E-state index >= 15 is 0 Å². The summed E-state index contributed by atoms with van der Waals surface area (Å²) in [4.78, 5) is 13.9. The van der Waals surface area contributed by atoms with Gasteiger partial charge in [-0.15, -0.1) is 0 Å². The first-order valence-electron chi connectivity index (χ1n) is 6.87. The second-order valence-corrected chi connectivity index (χ2v) is 5.80. The summed E-state index contributed by atoms with van der Waals surface area (Å²) in [6, 6.07) is 14.7. The van der Waals surface area contributed by atoms with Crippen molar-refractivity contribution in [1.82, 2.24) is 4.90 Å². The summed E-state index contributed by atoms with van der Waals surface area (Å²) < 4.78 is 5.48. The summed E-state index contributed by atoms with van der Waals surface area (Å²) >= 11 is 11.9. The number of nitrogens with zero attached hydrogens (tertiary/aromatic N) is 1. The lowest BCUT2D eigenvalue weighted by Crippen LogP contribution is -2.33. The molecule has 0 saturated heterocycles. The van der Waals surface area contributed by atoms with E-state index in [0.29, 0.717) is 15.8 Å². The minimum Gasteiger partial charge on any atom is -0.482 e. The Balaban J connectivity index is 1.98. The number of hydrogen-bond acceptors (Lipinski definition) is 2. The van der Waals surface area contributed by atoms with Gasteiger partial charge in [0.05, 0.1) is 11.1 Å². The van der Waals surface area contributed by atoms with Crippen molar-refractivity contribution in [2.45, 2.75) is 13.0 Å². The number of rotatable bonds is 5. The van der Waals surface area contributed by atoms with E-state index in [1.807, 2.05) is 37.3 Å². The normalized spacial score (nSPS) is 11.8. The van der Waals surface area contributed by atoms with Crippen LogP contribution in [0.4, 0.5) is 0 Å². The zero-order valence-electron chi connectivity index (χ0n) is 12.4. The van der Waals surface area contributed by atoms with Gasteiger partial charge in [-0.3, -0.25) is 4.79 Å². The van der Waals surface area contributed by atoms with Gasteiger partial charge in [0.25, 0.3) is 5.91 Å². The molecule has 1 unspecified atom stereocenters. The summed E-state index contributed by atoms with van der Waals surface area (Å²) in [6.45, 7) is 1.88. The predicted molar refractivity (Wildman–Crippen MR) is 89.6 cm³/mol. The highest BCUT2D eigenvalue weighted by Gasteiger charge is 2.18. The Morgan fingerprint density at radius 1 is 1.18 bits per heavy atom. The number of carbonyl (C=O) groups excluding carboxylic acids is 1. The standard InChI is InChI=1S/C17H17Cl2NO2/c1-12(13-6-4-3-5-7-13)20(2)17(21)11-22-16-10-14(18)8-9-15(16)19/h3-10,12H,11H2,1-2H3. The van der Waals surface area contributed by atoms with E-state index in [0.717, 1.165) is 5.56 Å². The molecule has 0 aliphatic heterocycles. The Hall–Kier alpha value is -1.71. The highest BCUT2D eigenvalue weighted by atomic mass is 35.5. The van der Waals surface area contributed by atoms with Crippen LogP contribution in [0.5, 0.6) is 5.75 Å². The molecule has 0 saturated carbocycles. The number of benzene rings is 2. The van der Waals surface area contributed by atoms with Crippen molar-refractivity contribution in [1.29, 1.82) is 0 Å². The van der Waals surface area contributed by atoms with Crippen LogP contribution >= 0.6 is 23.2 Å². The molecule has 3 nitrogen and oxygen atoms in total. The summed E-state index contributed by atoms with van der Waals surface area (Å²) in [6.07, 6.45) is 0. The van der Waals surface area contributed by atoms with E-state index in [1.165, 1.54) is 0 Å². The molecule has 0 aromatic heterocycles. The fraction of sp³-hybridized carbons (Fsp3) is 0.235. The zero-order valence-corrected chi connectivity index (χ0v) is 13.9. The van der Waals surface area contributed by atoms with Crippen LogP contribution in [0.1, 0.15) is 18.5 Å². The van der Waals surface area contributed by atoms with E-state index in [-0.39, 0.29) is 18.6 Å². The minimum absolute atomic E-state index is 0.0351. The zero-order chi connectivity index (χ0) is 16.1. The Kier molecular flexibility index (Phi) is 5.69. The Labute approximate surface area is 140 Å². The second kappa shape index (κ2) is 7.52. The van der Waals surface area contributed by atoms with Crippen LogP contribution in [0.15, 0.2) is 48.5 Å². The molecule has 0 heterocycles. The van der Waals surface area contributed by atoms with Crippen molar-refractivity contribution >= 4 is 29.1 Å². The summed E-state index contributed by atoms with van der Waals surface area (Å²) in [7, 11) is 1.75. The molecule has 116 valence electrons. The largest absolute Gasteiger partial charge is 0.482 e. The number of amides is 1. The van der Waals surface area contributed by atoms with Gasteiger partial charge >= 0.3 is 0 Å². The minimum atomic E-state index is -0.132. The molecule has 0 fully saturated rings. The van der Waals surface area contributed by atoms with Gasteiger partial charge in [-0.05, 0) is 24.6 Å². The van der Waals surface area contributed by atoms with Gasteiger partial charge in [-0.2, -0.15) is 0 Å². The summed E-state index contributed by atoms with van der Waals surface area (Å²) in [5.74, 6) is 0.274. The highest BCUT2D eigenvalue weighted by molar-refractivity contribution is 6.34. The smallest absolute Gasteiger partial charge is 0.260 e. The van der Waals surface area contributed by atoms with Gasteiger partial charge in [-0.1, -0.05) is 53.5 Å². The van der Waals surface area contributed by atoms with Gasteiger partial charge in [0.2, 0.25) is 0 Å². The van der Waals surface area contributed by atoms with E-state index in [4.69, 9.17) is 27.9 Å². The Morgan fingerprint density at radius 3 is 2.55 bits per heavy atom. The van der Waals surface area contributed by atoms with E-state index < -0.39 is 0 Å². The number of likely N-dealkylation sites (N-methyl/N-ethyl adjacent to an activating group) is 1. The average Bonchev–Trinajstić information content (AvgIpc) is 2.54. The maximum absolute atomic E-state index is 12.3.